The highest BCUT2D eigenvalue weighted by atomic mass is 16.5. The predicted molar refractivity (Wildman–Crippen MR) is 96.3 cm³/mol. The topological polar surface area (TPSA) is 69.0 Å². The Morgan fingerprint density at radius 3 is 2.69 bits per heavy atom. The molecule has 6 heteroatoms. The molecule has 0 aliphatic carbocycles. The fraction of sp³-hybridized carbons (Fsp3) is 0.500. The summed E-state index contributed by atoms with van der Waals surface area (Å²) in [6.07, 6.45) is 0.159. The summed E-state index contributed by atoms with van der Waals surface area (Å²) in [5, 5.41) is 0.894. The molecule has 26 heavy (non-hydrogen) atoms. The van der Waals surface area contributed by atoms with Gasteiger partial charge in [-0.05, 0) is 31.0 Å². The molecule has 2 aliphatic rings. The van der Waals surface area contributed by atoms with Gasteiger partial charge in [-0.1, -0.05) is 6.92 Å². The molecule has 0 bridgehead atoms. The van der Waals surface area contributed by atoms with E-state index in [1.165, 1.54) is 6.07 Å². The van der Waals surface area contributed by atoms with Gasteiger partial charge in [0.15, 0.2) is 6.10 Å². The van der Waals surface area contributed by atoms with Crippen LogP contribution in [0.15, 0.2) is 33.5 Å². The minimum Gasteiger partial charge on any atom is -0.481 e. The fourth-order valence-corrected chi connectivity index (χ4v) is 3.95. The van der Waals surface area contributed by atoms with Gasteiger partial charge in [-0.2, -0.15) is 0 Å². The highest BCUT2D eigenvalue weighted by Crippen LogP contribution is 2.30. The van der Waals surface area contributed by atoms with E-state index in [0.29, 0.717) is 23.2 Å². The van der Waals surface area contributed by atoms with Gasteiger partial charge in [-0.3, -0.25) is 4.79 Å². The molecule has 2 aromatic rings. The van der Waals surface area contributed by atoms with Crippen LogP contribution in [0.5, 0.6) is 5.75 Å². The Hall–Kier alpha value is -2.34. The SMILES string of the molecule is CCc1cc(=O)oc2cc(OC(C)C(=O)N3C[C@H]4COC[C@H]4C3)ccc12. The van der Waals surface area contributed by atoms with Gasteiger partial charge in [0.1, 0.15) is 11.3 Å². The van der Waals surface area contributed by atoms with Crippen molar-refractivity contribution >= 4 is 16.9 Å². The van der Waals surface area contributed by atoms with E-state index in [0.717, 1.165) is 43.7 Å². The van der Waals surface area contributed by atoms with Crippen molar-refractivity contribution in [3.05, 3.63) is 40.2 Å². The second-order valence-corrected chi connectivity index (χ2v) is 7.16. The molecule has 3 heterocycles. The van der Waals surface area contributed by atoms with E-state index in [9.17, 15) is 9.59 Å². The van der Waals surface area contributed by atoms with Crippen LogP contribution in [0.4, 0.5) is 0 Å². The molecule has 1 unspecified atom stereocenters. The van der Waals surface area contributed by atoms with Gasteiger partial charge in [-0.15, -0.1) is 0 Å². The maximum Gasteiger partial charge on any atom is 0.336 e. The number of hydrogen-bond donors (Lipinski definition) is 0. The number of hydrogen-bond acceptors (Lipinski definition) is 5. The standard InChI is InChI=1S/C20H23NO5/c1-3-13-6-19(22)26-18-7-16(4-5-17(13)18)25-12(2)20(23)21-8-14-10-24-11-15(14)9-21/h4-7,12,14-15H,3,8-11H2,1-2H3/t12?,14-,15+. The molecule has 0 saturated carbocycles. The first-order valence-electron chi connectivity index (χ1n) is 9.15. The van der Waals surface area contributed by atoms with Crippen molar-refractivity contribution < 1.29 is 18.7 Å². The zero-order chi connectivity index (χ0) is 18.3. The lowest BCUT2D eigenvalue weighted by Crippen LogP contribution is -2.39. The second kappa shape index (κ2) is 6.76. The summed E-state index contributed by atoms with van der Waals surface area (Å²) in [6.45, 7) is 6.72. The first kappa shape index (κ1) is 17.1. The Kier molecular flexibility index (Phi) is 4.44. The van der Waals surface area contributed by atoms with Crippen LogP contribution in [0.3, 0.4) is 0 Å². The maximum absolute atomic E-state index is 12.7. The molecular formula is C20H23NO5. The molecule has 6 nitrogen and oxygen atoms in total. The third-order valence-corrected chi connectivity index (χ3v) is 5.40. The normalized spacial score (nSPS) is 23.2. The molecule has 3 atom stereocenters. The summed E-state index contributed by atoms with van der Waals surface area (Å²) in [4.78, 5) is 26.3. The average Bonchev–Trinajstić information content (AvgIpc) is 3.21. The summed E-state index contributed by atoms with van der Waals surface area (Å²) in [5.74, 6) is 1.42. The Morgan fingerprint density at radius 2 is 2.00 bits per heavy atom. The fourth-order valence-electron chi connectivity index (χ4n) is 3.95. The number of nitrogens with zero attached hydrogens (tertiary/aromatic N) is 1. The molecule has 0 radical (unpaired) electrons. The molecule has 0 N–H and O–H groups in total. The number of benzene rings is 1. The van der Waals surface area contributed by atoms with Gasteiger partial charge in [-0.25, -0.2) is 4.79 Å². The highest BCUT2D eigenvalue weighted by Gasteiger charge is 2.40. The number of rotatable bonds is 4. The van der Waals surface area contributed by atoms with E-state index in [1.807, 2.05) is 24.0 Å². The van der Waals surface area contributed by atoms with E-state index in [-0.39, 0.29) is 11.5 Å². The monoisotopic (exact) mass is 357 g/mol. The van der Waals surface area contributed by atoms with E-state index in [1.54, 1.807) is 13.0 Å². The molecule has 2 fully saturated rings. The number of aryl methyl sites for hydroxylation is 1. The number of fused-ring (bicyclic) bond motifs is 2. The van der Waals surface area contributed by atoms with Crippen LogP contribution in [0.1, 0.15) is 19.4 Å². The summed E-state index contributed by atoms with van der Waals surface area (Å²) < 4.78 is 16.6. The largest absolute Gasteiger partial charge is 0.481 e. The van der Waals surface area contributed by atoms with Crippen molar-refractivity contribution in [3.63, 3.8) is 0 Å². The Morgan fingerprint density at radius 1 is 1.27 bits per heavy atom. The number of amides is 1. The average molecular weight is 357 g/mol. The van der Waals surface area contributed by atoms with E-state index in [2.05, 4.69) is 0 Å². The van der Waals surface area contributed by atoms with Crippen LogP contribution in [0.2, 0.25) is 0 Å². The van der Waals surface area contributed by atoms with Crippen LogP contribution in [0, 0.1) is 11.8 Å². The lowest BCUT2D eigenvalue weighted by molar-refractivity contribution is -0.137. The van der Waals surface area contributed by atoms with Crippen LogP contribution >= 0.6 is 0 Å². The van der Waals surface area contributed by atoms with E-state index in [4.69, 9.17) is 13.9 Å². The first-order valence-corrected chi connectivity index (χ1v) is 9.15. The molecule has 1 amide bonds. The highest BCUT2D eigenvalue weighted by molar-refractivity contribution is 5.83. The second-order valence-electron chi connectivity index (χ2n) is 7.16. The van der Waals surface area contributed by atoms with Crippen molar-refractivity contribution in [3.8, 4) is 5.75 Å². The predicted octanol–water partition coefficient (Wildman–Crippen LogP) is 2.23. The quantitative estimate of drug-likeness (QED) is 0.785. The molecule has 4 rings (SSSR count). The lowest BCUT2D eigenvalue weighted by Gasteiger charge is -2.22. The Balaban J connectivity index is 1.49. The van der Waals surface area contributed by atoms with Crippen molar-refractivity contribution in [2.24, 2.45) is 11.8 Å². The minimum atomic E-state index is -0.590. The Bertz CT molecular complexity index is 877. The summed E-state index contributed by atoms with van der Waals surface area (Å²) in [7, 11) is 0. The van der Waals surface area contributed by atoms with Crippen LogP contribution in [0.25, 0.3) is 11.0 Å². The van der Waals surface area contributed by atoms with E-state index >= 15 is 0 Å². The van der Waals surface area contributed by atoms with Crippen molar-refractivity contribution in [1.82, 2.24) is 4.90 Å². The number of likely N-dealkylation sites (tertiary alicyclic amines) is 1. The first-order chi connectivity index (χ1) is 12.5. The van der Waals surface area contributed by atoms with Gasteiger partial charge in [0.05, 0.1) is 13.2 Å². The maximum atomic E-state index is 12.7. The third kappa shape index (κ3) is 3.09. The molecule has 1 aromatic carbocycles. The number of carbonyl (C=O) groups excluding carboxylic acids is 1. The molecule has 0 spiro atoms. The van der Waals surface area contributed by atoms with Crippen LogP contribution < -0.4 is 10.4 Å². The van der Waals surface area contributed by atoms with Crippen molar-refractivity contribution in [2.75, 3.05) is 26.3 Å². The molecule has 1 aromatic heterocycles. The van der Waals surface area contributed by atoms with Crippen molar-refractivity contribution in [1.29, 1.82) is 0 Å². The van der Waals surface area contributed by atoms with E-state index < -0.39 is 6.10 Å². The zero-order valence-corrected chi connectivity index (χ0v) is 15.1. The van der Waals surface area contributed by atoms with Crippen molar-refractivity contribution in [2.45, 2.75) is 26.4 Å². The van der Waals surface area contributed by atoms with Gasteiger partial charge >= 0.3 is 5.63 Å². The Labute approximate surface area is 151 Å². The molecule has 2 aliphatic heterocycles. The summed E-state index contributed by atoms with van der Waals surface area (Å²) in [6, 6.07) is 6.90. The smallest absolute Gasteiger partial charge is 0.336 e. The van der Waals surface area contributed by atoms with Crippen LogP contribution in [-0.2, 0) is 16.0 Å². The minimum absolute atomic E-state index is 0.0109. The summed E-state index contributed by atoms with van der Waals surface area (Å²) >= 11 is 0. The molecule has 2 saturated heterocycles. The molecular weight excluding hydrogens is 334 g/mol. The van der Waals surface area contributed by atoms with Gasteiger partial charge in [0.25, 0.3) is 5.91 Å². The number of carbonyl (C=O) groups is 1. The number of ether oxygens (including phenoxy) is 2. The zero-order valence-electron chi connectivity index (χ0n) is 15.1. The van der Waals surface area contributed by atoms with Crippen LogP contribution in [-0.4, -0.2) is 43.2 Å². The summed E-state index contributed by atoms with van der Waals surface area (Å²) in [5.41, 5.74) is 1.05. The van der Waals surface area contributed by atoms with Gasteiger partial charge < -0.3 is 18.8 Å². The van der Waals surface area contributed by atoms with Gasteiger partial charge in [0, 0.05) is 42.4 Å². The lowest BCUT2D eigenvalue weighted by atomic mass is 10.0. The third-order valence-electron chi connectivity index (χ3n) is 5.40. The van der Waals surface area contributed by atoms with Gasteiger partial charge in [0.2, 0.25) is 0 Å². The molecule has 138 valence electrons.